The molecule has 27 heavy (non-hydrogen) atoms. The molecular formula is C19H13FN2O3S2. The standard InChI is InChI=1S/C19H13FN2O3S2/c20-11-4-5-14-10(6-11)7-16(26-14)19(24)25-9-17(23)22-18-13(8-21)12-2-1-3-15(12)27-18/h4-7H,1-3,9H2,(H,22,23). The van der Waals surface area contributed by atoms with E-state index < -0.39 is 18.5 Å². The number of nitrogens with one attached hydrogen (secondary N) is 1. The molecule has 4 rings (SSSR count). The largest absolute Gasteiger partial charge is 0.451 e. The van der Waals surface area contributed by atoms with Gasteiger partial charge in [-0.1, -0.05) is 0 Å². The molecule has 1 amide bonds. The number of hydrogen-bond donors (Lipinski definition) is 1. The highest BCUT2D eigenvalue weighted by atomic mass is 32.1. The number of anilines is 1. The van der Waals surface area contributed by atoms with Gasteiger partial charge in [0.15, 0.2) is 6.61 Å². The number of ether oxygens (including phenoxy) is 1. The Labute approximate surface area is 162 Å². The van der Waals surface area contributed by atoms with Gasteiger partial charge < -0.3 is 10.1 Å². The number of halogens is 1. The summed E-state index contributed by atoms with van der Waals surface area (Å²) >= 11 is 2.59. The van der Waals surface area contributed by atoms with E-state index in [0.29, 0.717) is 20.8 Å². The third-order valence-corrected chi connectivity index (χ3v) is 6.60. The van der Waals surface area contributed by atoms with Gasteiger partial charge in [-0.05, 0) is 54.5 Å². The van der Waals surface area contributed by atoms with Gasteiger partial charge in [0.1, 0.15) is 21.8 Å². The topological polar surface area (TPSA) is 79.2 Å². The maximum Gasteiger partial charge on any atom is 0.348 e. The zero-order chi connectivity index (χ0) is 19.0. The summed E-state index contributed by atoms with van der Waals surface area (Å²) in [4.78, 5) is 25.7. The molecule has 0 saturated carbocycles. The first kappa shape index (κ1) is 17.6. The van der Waals surface area contributed by atoms with Crippen LogP contribution in [0.25, 0.3) is 10.1 Å². The third kappa shape index (κ3) is 3.44. The lowest BCUT2D eigenvalue weighted by molar-refractivity contribution is -0.119. The smallest absolute Gasteiger partial charge is 0.348 e. The van der Waals surface area contributed by atoms with Crippen LogP contribution < -0.4 is 5.32 Å². The van der Waals surface area contributed by atoms with E-state index >= 15 is 0 Å². The van der Waals surface area contributed by atoms with Gasteiger partial charge in [-0.3, -0.25) is 4.79 Å². The zero-order valence-electron chi connectivity index (χ0n) is 14.0. The van der Waals surface area contributed by atoms with E-state index in [1.54, 1.807) is 12.1 Å². The molecule has 1 aromatic carbocycles. The first-order chi connectivity index (χ1) is 13.0. The first-order valence-electron chi connectivity index (χ1n) is 8.26. The van der Waals surface area contributed by atoms with E-state index in [1.165, 1.54) is 34.8 Å². The lowest BCUT2D eigenvalue weighted by Crippen LogP contribution is -2.20. The van der Waals surface area contributed by atoms with Crippen molar-refractivity contribution in [3.63, 3.8) is 0 Å². The Kier molecular flexibility index (Phi) is 4.64. The van der Waals surface area contributed by atoms with Crippen LogP contribution >= 0.6 is 22.7 Å². The van der Waals surface area contributed by atoms with Crippen LogP contribution in [0.3, 0.4) is 0 Å². The Bertz CT molecular complexity index is 1110. The maximum atomic E-state index is 13.2. The fraction of sp³-hybridized carbons (Fsp3) is 0.211. The van der Waals surface area contributed by atoms with Gasteiger partial charge in [0.2, 0.25) is 0 Å². The maximum absolute atomic E-state index is 13.2. The normalized spacial score (nSPS) is 12.6. The van der Waals surface area contributed by atoms with E-state index in [4.69, 9.17) is 4.74 Å². The van der Waals surface area contributed by atoms with Crippen LogP contribution in [0, 0.1) is 17.1 Å². The number of aryl methyl sites for hydroxylation is 1. The van der Waals surface area contributed by atoms with Crippen LogP contribution in [-0.2, 0) is 22.4 Å². The van der Waals surface area contributed by atoms with Gasteiger partial charge in [0, 0.05) is 9.58 Å². The number of benzene rings is 1. The number of rotatable bonds is 4. The van der Waals surface area contributed by atoms with Gasteiger partial charge in [-0.15, -0.1) is 22.7 Å². The summed E-state index contributed by atoms with van der Waals surface area (Å²) in [6.45, 7) is -0.450. The summed E-state index contributed by atoms with van der Waals surface area (Å²) in [6.07, 6.45) is 2.80. The molecule has 0 bridgehead atoms. The molecule has 5 nitrogen and oxygen atoms in total. The number of fused-ring (bicyclic) bond motifs is 2. The second-order valence-electron chi connectivity index (χ2n) is 6.09. The van der Waals surface area contributed by atoms with E-state index in [0.717, 1.165) is 34.4 Å². The highest BCUT2D eigenvalue weighted by Crippen LogP contribution is 2.38. The number of thiophene rings is 2. The summed E-state index contributed by atoms with van der Waals surface area (Å²) in [6, 6.07) is 7.96. The van der Waals surface area contributed by atoms with Crippen molar-refractivity contribution < 1.29 is 18.7 Å². The van der Waals surface area contributed by atoms with E-state index in [9.17, 15) is 19.2 Å². The molecular weight excluding hydrogens is 387 g/mol. The number of carbonyl (C=O) groups is 2. The Morgan fingerprint density at radius 1 is 1.26 bits per heavy atom. The van der Waals surface area contributed by atoms with Crippen molar-refractivity contribution in [3.8, 4) is 6.07 Å². The van der Waals surface area contributed by atoms with Gasteiger partial charge >= 0.3 is 5.97 Å². The quantitative estimate of drug-likeness (QED) is 0.664. The van der Waals surface area contributed by atoms with Crippen LogP contribution in [0.5, 0.6) is 0 Å². The predicted octanol–water partition coefficient (Wildman–Crippen LogP) is 4.26. The molecule has 0 unspecified atom stereocenters. The fourth-order valence-electron chi connectivity index (χ4n) is 3.09. The molecule has 0 saturated heterocycles. The Morgan fingerprint density at radius 2 is 2.11 bits per heavy atom. The van der Waals surface area contributed by atoms with Gasteiger partial charge in [0.25, 0.3) is 5.91 Å². The molecule has 3 aromatic rings. The Hall–Kier alpha value is -2.76. The molecule has 1 aliphatic rings. The summed E-state index contributed by atoms with van der Waals surface area (Å²) < 4.78 is 19.1. The summed E-state index contributed by atoms with van der Waals surface area (Å²) in [5.41, 5.74) is 1.53. The number of amides is 1. The minimum atomic E-state index is -0.638. The second kappa shape index (κ2) is 7.10. The zero-order valence-corrected chi connectivity index (χ0v) is 15.6. The van der Waals surface area contributed by atoms with Crippen LogP contribution in [0.1, 0.15) is 32.1 Å². The minimum Gasteiger partial charge on any atom is -0.451 e. The highest BCUT2D eigenvalue weighted by Gasteiger charge is 2.23. The molecule has 2 aromatic heterocycles. The van der Waals surface area contributed by atoms with Gasteiger partial charge in [-0.25, -0.2) is 9.18 Å². The molecule has 0 fully saturated rings. The molecule has 0 spiro atoms. The highest BCUT2D eigenvalue weighted by molar-refractivity contribution is 7.20. The van der Waals surface area contributed by atoms with Gasteiger partial charge in [0.05, 0.1) is 5.56 Å². The number of nitrogens with zero attached hydrogens (tertiary/aromatic N) is 1. The number of carbonyl (C=O) groups excluding carboxylic acids is 2. The van der Waals surface area contributed by atoms with Crippen LogP contribution in [-0.4, -0.2) is 18.5 Å². The molecule has 1 N–H and O–H groups in total. The predicted molar refractivity (Wildman–Crippen MR) is 102 cm³/mol. The monoisotopic (exact) mass is 400 g/mol. The van der Waals surface area contributed by atoms with Crippen molar-refractivity contribution >= 4 is 49.6 Å². The Balaban J connectivity index is 1.40. The van der Waals surface area contributed by atoms with E-state index in [-0.39, 0.29) is 5.82 Å². The summed E-state index contributed by atoms with van der Waals surface area (Å²) in [5, 5.41) is 13.1. The lowest BCUT2D eigenvalue weighted by atomic mass is 10.1. The molecule has 8 heteroatoms. The van der Waals surface area contributed by atoms with Crippen molar-refractivity contribution in [2.75, 3.05) is 11.9 Å². The first-order valence-corrected chi connectivity index (χ1v) is 9.89. The van der Waals surface area contributed by atoms with Crippen molar-refractivity contribution in [2.45, 2.75) is 19.3 Å². The van der Waals surface area contributed by atoms with Gasteiger partial charge in [-0.2, -0.15) is 5.26 Å². The molecule has 136 valence electrons. The van der Waals surface area contributed by atoms with Crippen molar-refractivity contribution in [3.05, 3.63) is 51.0 Å². The fourth-order valence-corrected chi connectivity index (χ4v) is 5.28. The number of nitriles is 1. The van der Waals surface area contributed by atoms with Crippen LogP contribution in [0.4, 0.5) is 9.39 Å². The lowest BCUT2D eigenvalue weighted by Gasteiger charge is -2.05. The van der Waals surface area contributed by atoms with Crippen molar-refractivity contribution in [2.24, 2.45) is 0 Å². The SMILES string of the molecule is N#Cc1c(NC(=O)COC(=O)c2cc3cc(F)ccc3s2)sc2c1CCC2. The average molecular weight is 400 g/mol. The second-order valence-corrected chi connectivity index (χ2v) is 8.28. The number of esters is 1. The molecule has 0 atom stereocenters. The van der Waals surface area contributed by atoms with E-state index in [1.807, 2.05) is 0 Å². The number of hydrogen-bond acceptors (Lipinski definition) is 6. The molecule has 1 aliphatic carbocycles. The Morgan fingerprint density at radius 3 is 2.93 bits per heavy atom. The molecule has 0 radical (unpaired) electrons. The van der Waals surface area contributed by atoms with E-state index in [2.05, 4.69) is 11.4 Å². The van der Waals surface area contributed by atoms with Crippen molar-refractivity contribution in [1.82, 2.24) is 0 Å². The van der Waals surface area contributed by atoms with Crippen LogP contribution in [0.2, 0.25) is 0 Å². The average Bonchev–Trinajstić information content (AvgIpc) is 3.33. The summed E-state index contributed by atoms with van der Waals surface area (Å²) in [7, 11) is 0. The van der Waals surface area contributed by atoms with Crippen molar-refractivity contribution in [1.29, 1.82) is 5.26 Å². The third-order valence-electron chi connectivity index (χ3n) is 4.30. The molecule has 2 heterocycles. The summed E-state index contributed by atoms with van der Waals surface area (Å²) in [5.74, 6) is -1.51. The van der Waals surface area contributed by atoms with Crippen LogP contribution in [0.15, 0.2) is 24.3 Å². The minimum absolute atomic E-state index is 0.302. The molecule has 0 aliphatic heterocycles.